The van der Waals surface area contributed by atoms with Gasteiger partial charge in [0, 0.05) is 13.6 Å². The van der Waals surface area contributed by atoms with E-state index in [1.807, 2.05) is 0 Å². The molecule has 1 aromatic carbocycles. The van der Waals surface area contributed by atoms with Crippen LogP contribution in [0.15, 0.2) is 11.0 Å². The summed E-state index contributed by atoms with van der Waals surface area (Å²) in [6.45, 7) is 3.66. The van der Waals surface area contributed by atoms with Crippen molar-refractivity contribution in [3.8, 4) is 0 Å². The van der Waals surface area contributed by atoms with Gasteiger partial charge in [-0.15, -0.1) is 0 Å². The van der Waals surface area contributed by atoms with Gasteiger partial charge in [0.15, 0.2) is 0 Å². The largest absolute Gasteiger partial charge is 0.396 e. The van der Waals surface area contributed by atoms with Gasteiger partial charge in [-0.05, 0) is 49.8 Å². The van der Waals surface area contributed by atoms with Crippen molar-refractivity contribution >= 4 is 15.7 Å². The summed E-state index contributed by atoms with van der Waals surface area (Å²) in [6, 6.07) is 1.19. The first-order valence-electron chi connectivity index (χ1n) is 6.76. The summed E-state index contributed by atoms with van der Waals surface area (Å²) in [5, 5.41) is 0. The molecule has 0 unspecified atom stereocenters. The zero-order chi connectivity index (χ0) is 15.1. The van der Waals surface area contributed by atoms with Gasteiger partial charge in [0.1, 0.15) is 5.82 Å². The first-order valence-corrected chi connectivity index (χ1v) is 8.20. The standard InChI is InChI=1S/C14H21FN2O2S/c1-9-7-12(15)13(16)10(2)14(9)20(18,19)17(3)8-11-5-4-6-11/h7,11H,4-6,8,16H2,1-3H3. The molecule has 2 N–H and O–H groups in total. The average molecular weight is 300 g/mol. The molecule has 20 heavy (non-hydrogen) atoms. The van der Waals surface area contributed by atoms with Gasteiger partial charge in [0.2, 0.25) is 10.0 Å². The van der Waals surface area contributed by atoms with Gasteiger partial charge >= 0.3 is 0 Å². The summed E-state index contributed by atoms with van der Waals surface area (Å²) in [6.07, 6.45) is 3.31. The molecule has 1 aliphatic carbocycles. The number of benzene rings is 1. The SMILES string of the molecule is Cc1cc(F)c(N)c(C)c1S(=O)(=O)N(C)CC1CCC1. The van der Waals surface area contributed by atoms with E-state index in [0.29, 0.717) is 23.6 Å². The number of sulfonamides is 1. The maximum Gasteiger partial charge on any atom is 0.243 e. The van der Waals surface area contributed by atoms with Crippen LogP contribution >= 0.6 is 0 Å². The number of halogens is 1. The van der Waals surface area contributed by atoms with Gasteiger partial charge in [0.25, 0.3) is 0 Å². The third kappa shape index (κ3) is 2.54. The zero-order valence-corrected chi connectivity index (χ0v) is 12.9. The number of nitrogens with two attached hydrogens (primary N) is 1. The Balaban J connectivity index is 2.40. The number of anilines is 1. The van der Waals surface area contributed by atoms with Gasteiger partial charge in [-0.1, -0.05) is 6.42 Å². The second-order valence-corrected chi connectivity index (χ2v) is 7.61. The maximum atomic E-state index is 13.6. The molecule has 0 saturated heterocycles. The fourth-order valence-electron chi connectivity index (χ4n) is 2.62. The van der Waals surface area contributed by atoms with Crippen molar-refractivity contribution in [1.82, 2.24) is 4.31 Å². The lowest BCUT2D eigenvalue weighted by Crippen LogP contribution is -2.35. The molecule has 1 aliphatic rings. The summed E-state index contributed by atoms with van der Waals surface area (Å²) < 4.78 is 40.2. The van der Waals surface area contributed by atoms with Crippen LogP contribution in [-0.4, -0.2) is 26.3 Å². The predicted molar refractivity (Wildman–Crippen MR) is 77.4 cm³/mol. The smallest absolute Gasteiger partial charge is 0.243 e. The highest BCUT2D eigenvalue weighted by Gasteiger charge is 2.30. The van der Waals surface area contributed by atoms with Crippen LogP contribution < -0.4 is 5.73 Å². The van der Waals surface area contributed by atoms with E-state index in [4.69, 9.17) is 5.73 Å². The number of nitrogens with zero attached hydrogens (tertiary/aromatic N) is 1. The number of hydrogen-bond acceptors (Lipinski definition) is 3. The van der Waals surface area contributed by atoms with Crippen molar-refractivity contribution in [2.45, 2.75) is 38.0 Å². The Hall–Kier alpha value is -1.14. The molecule has 0 amide bonds. The molecule has 0 atom stereocenters. The second-order valence-electron chi connectivity index (χ2n) is 5.63. The van der Waals surface area contributed by atoms with Crippen LogP contribution in [0.5, 0.6) is 0 Å². The Morgan fingerprint density at radius 3 is 2.50 bits per heavy atom. The molecule has 0 spiro atoms. The van der Waals surface area contributed by atoms with Crippen molar-refractivity contribution in [3.63, 3.8) is 0 Å². The molecule has 1 fully saturated rings. The van der Waals surface area contributed by atoms with Crippen molar-refractivity contribution < 1.29 is 12.8 Å². The average Bonchev–Trinajstić information content (AvgIpc) is 2.30. The Bertz CT molecular complexity index is 625. The first kappa shape index (κ1) is 15.3. The molecule has 0 aromatic heterocycles. The molecule has 0 radical (unpaired) electrons. The molecule has 0 heterocycles. The van der Waals surface area contributed by atoms with Crippen LogP contribution in [0.3, 0.4) is 0 Å². The molecule has 6 heteroatoms. The Kier molecular flexibility index (Phi) is 4.07. The summed E-state index contributed by atoms with van der Waals surface area (Å²) in [5.41, 5.74) is 6.23. The van der Waals surface area contributed by atoms with Crippen molar-refractivity contribution in [3.05, 3.63) is 23.0 Å². The Morgan fingerprint density at radius 2 is 2.00 bits per heavy atom. The van der Waals surface area contributed by atoms with Gasteiger partial charge < -0.3 is 5.73 Å². The van der Waals surface area contributed by atoms with Crippen molar-refractivity contribution in [2.24, 2.45) is 5.92 Å². The lowest BCUT2D eigenvalue weighted by atomic mass is 9.86. The summed E-state index contributed by atoms with van der Waals surface area (Å²) >= 11 is 0. The number of rotatable bonds is 4. The van der Waals surface area contributed by atoms with Gasteiger partial charge in [-0.2, -0.15) is 0 Å². The first-order chi connectivity index (χ1) is 9.25. The third-order valence-electron chi connectivity index (χ3n) is 4.11. The minimum absolute atomic E-state index is 0.0915. The molecule has 1 aromatic rings. The van der Waals surface area contributed by atoms with Gasteiger partial charge in [-0.25, -0.2) is 17.1 Å². The highest BCUT2D eigenvalue weighted by Crippen LogP contribution is 2.32. The number of nitrogen functional groups attached to an aromatic ring is 1. The number of aryl methyl sites for hydroxylation is 1. The Morgan fingerprint density at radius 1 is 1.40 bits per heavy atom. The minimum atomic E-state index is -3.62. The van der Waals surface area contributed by atoms with E-state index in [0.717, 1.165) is 12.8 Å². The van der Waals surface area contributed by atoms with Gasteiger partial charge in [-0.3, -0.25) is 0 Å². The van der Waals surface area contributed by atoms with E-state index in [2.05, 4.69) is 0 Å². The van der Waals surface area contributed by atoms with Crippen LogP contribution in [0.2, 0.25) is 0 Å². The summed E-state index contributed by atoms with van der Waals surface area (Å²) in [4.78, 5) is 0.137. The molecule has 2 rings (SSSR count). The molecule has 0 aliphatic heterocycles. The monoisotopic (exact) mass is 300 g/mol. The third-order valence-corrected chi connectivity index (χ3v) is 6.23. The molecule has 0 bridgehead atoms. The maximum absolute atomic E-state index is 13.6. The fourth-order valence-corrected chi connectivity index (χ4v) is 4.30. The highest BCUT2D eigenvalue weighted by molar-refractivity contribution is 7.89. The molecule has 112 valence electrons. The van der Waals surface area contributed by atoms with Crippen LogP contribution in [0.1, 0.15) is 30.4 Å². The summed E-state index contributed by atoms with van der Waals surface area (Å²) in [7, 11) is -2.05. The molecular formula is C14H21FN2O2S. The van der Waals surface area contributed by atoms with Crippen molar-refractivity contribution in [2.75, 3.05) is 19.3 Å². The van der Waals surface area contributed by atoms with Crippen LogP contribution in [0.25, 0.3) is 0 Å². The highest BCUT2D eigenvalue weighted by atomic mass is 32.2. The van der Waals surface area contributed by atoms with E-state index >= 15 is 0 Å². The normalized spacial score (nSPS) is 16.4. The van der Waals surface area contributed by atoms with E-state index in [1.54, 1.807) is 20.9 Å². The van der Waals surface area contributed by atoms with E-state index in [-0.39, 0.29) is 10.6 Å². The predicted octanol–water partition coefficient (Wildman–Crippen LogP) is 2.45. The Labute approximate surface area is 119 Å². The fraction of sp³-hybridized carbons (Fsp3) is 0.571. The molecule has 1 saturated carbocycles. The molecular weight excluding hydrogens is 279 g/mol. The topological polar surface area (TPSA) is 63.4 Å². The van der Waals surface area contributed by atoms with E-state index in [9.17, 15) is 12.8 Å². The van der Waals surface area contributed by atoms with Crippen LogP contribution in [0, 0.1) is 25.6 Å². The van der Waals surface area contributed by atoms with Crippen LogP contribution in [-0.2, 0) is 10.0 Å². The van der Waals surface area contributed by atoms with E-state index < -0.39 is 15.8 Å². The lowest BCUT2D eigenvalue weighted by molar-refractivity contribution is 0.263. The zero-order valence-electron chi connectivity index (χ0n) is 12.1. The summed E-state index contributed by atoms with van der Waals surface area (Å²) in [5.74, 6) is -0.131. The number of hydrogen-bond donors (Lipinski definition) is 1. The second kappa shape index (κ2) is 5.33. The van der Waals surface area contributed by atoms with Crippen molar-refractivity contribution in [1.29, 1.82) is 0 Å². The minimum Gasteiger partial charge on any atom is -0.396 e. The quantitative estimate of drug-likeness (QED) is 0.869. The van der Waals surface area contributed by atoms with Gasteiger partial charge in [0.05, 0.1) is 10.6 Å². The van der Waals surface area contributed by atoms with Crippen LogP contribution in [0.4, 0.5) is 10.1 Å². The molecule has 4 nitrogen and oxygen atoms in total. The lowest BCUT2D eigenvalue weighted by Gasteiger charge is -2.30. The van der Waals surface area contributed by atoms with E-state index in [1.165, 1.54) is 16.8 Å².